The second-order valence-electron chi connectivity index (χ2n) is 6.88. The number of benzene rings is 2. The molecule has 0 saturated carbocycles. The fourth-order valence-electron chi connectivity index (χ4n) is 3.17. The van der Waals surface area contributed by atoms with Crippen molar-refractivity contribution in [2.75, 3.05) is 38.6 Å². The molecule has 6 nitrogen and oxygen atoms in total. The highest BCUT2D eigenvalue weighted by Gasteiger charge is 2.15. The molecule has 2 aromatic rings. The Morgan fingerprint density at radius 1 is 1.03 bits per heavy atom. The van der Waals surface area contributed by atoms with Gasteiger partial charge in [0.1, 0.15) is 0 Å². The lowest BCUT2D eigenvalue weighted by Crippen LogP contribution is -2.33. The van der Waals surface area contributed by atoms with E-state index < -0.39 is 5.82 Å². The van der Waals surface area contributed by atoms with Gasteiger partial charge in [0.15, 0.2) is 11.6 Å². The Kier molecular flexibility index (Phi) is 8.80. The number of methoxy groups -OCH3 is 1. The summed E-state index contributed by atoms with van der Waals surface area (Å²) in [7, 11) is 1.42. The quantitative estimate of drug-likeness (QED) is 0.642. The Balaban J connectivity index is 2.00. The lowest BCUT2D eigenvalue weighted by Gasteiger charge is -2.21. The van der Waals surface area contributed by atoms with Crippen LogP contribution in [0.4, 0.5) is 10.1 Å². The van der Waals surface area contributed by atoms with Crippen LogP contribution in [0.15, 0.2) is 42.5 Å². The number of likely N-dealkylation sites (N-methyl/N-ethyl adjacent to an activating group) is 1. The zero-order valence-corrected chi connectivity index (χ0v) is 18.1. The minimum Gasteiger partial charge on any atom is -0.494 e. The summed E-state index contributed by atoms with van der Waals surface area (Å²) in [5.41, 5.74) is 1.87. The van der Waals surface area contributed by atoms with Gasteiger partial charge in [0.2, 0.25) is 5.91 Å². The van der Waals surface area contributed by atoms with Gasteiger partial charge >= 0.3 is 0 Å². The first-order valence-corrected chi connectivity index (χ1v) is 10.2. The van der Waals surface area contributed by atoms with Gasteiger partial charge in [-0.2, -0.15) is 0 Å². The number of anilines is 1. The molecule has 2 aromatic carbocycles. The zero-order chi connectivity index (χ0) is 22.1. The molecular formula is C23H30FN3O3. The summed E-state index contributed by atoms with van der Waals surface area (Å²) >= 11 is 0. The number of hydrogen-bond donors (Lipinski definition) is 1. The van der Waals surface area contributed by atoms with Crippen LogP contribution >= 0.6 is 0 Å². The molecule has 0 aromatic heterocycles. The highest BCUT2D eigenvalue weighted by atomic mass is 19.1. The van der Waals surface area contributed by atoms with Gasteiger partial charge in [-0.05, 0) is 56.3 Å². The number of nitrogens with one attached hydrogen (secondary N) is 1. The van der Waals surface area contributed by atoms with E-state index in [9.17, 15) is 14.0 Å². The molecule has 1 N–H and O–H groups in total. The molecule has 2 amide bonds. The molecule has 0 aliphatic carbocycles. The van der Waals surface area contributed by atoms with Crippen molar-refractivity contribution in [1.29, 1.82) is 0 Å². The van der Waals surface area contributed by atoms with Gasteiger partial charge in [-0.1, -0.05) is 19.1 Å². The fourth-order valence-corrected chi connectivity index (χ4v) is 3.17. The van der Waals surface area contributed by atoms with E-state index in [1.54, 1.807) is 41.3 Å². The van der Waals surface area contributed by atoms with Crippen molar-refractivity contribution in [1.82, 2.24) is 9.80 Å². The molecule has 0 heterocycles. The van der Waals surface area contributed by atoms with Gasteiger partial charge in [0, 0.05) is 30.9 Å². The highest BCUT2D eigenvalue weighted by Crippen LogP contribution is 2.19. The molecule has 0 fully saturated rings. The van der Waals surface area contributed by atoms with Crippen molar-refractivity contribution in [3.63, 3.8) is 0 Å². The van der Waals surface area contributed by atoms with Crippen LogP contribution in [0.5, 0.6) is 5.75 Å². The van der Waals surface area contributed by atoms with Crippen LogP contribution in [0.25, 0.3) is 0 Å². The van der Waals surface area contributed by atoms with E-state index in [0.29, 0.717) is 37.4 Å². The third-order valence-electron chi connectivity index (χ3n) is 4.88. The van der Waals surface area contributed by atoms with E-state index in [1.165, 1.54) is 13.2 Å². The van der Waals surface area contributed by atoms with E-state index in [2.05, 4.69) is 5.32 Å². The summed E-state index contributed by atoms with van der Waals surface area (Å²) in [6, 6.07) is 11.7. The molecule has 0 aliphatic heterocycles. The van der Waals surface area contributed by atoms with Crippen molar-refractivity contribution in [3.05, 3.63) is 59.4 Å². The normalized spacial score (nSPS) is 10.7. The van der Waals surface area contributed by atoms with Crippen LogP contribution < -0.4 is 10.1 Å². The number of carbonyl (C=O) groups excluding carboxylic acids is 2. The lowest BCUT2D eigenvalue weighted by molar-refractivity contribution is -0.117. The van der Waals surface area contributed by atoms with Gasteiger partial charge in [-0.25, -0.2) is 4.39 Å². The Morgan fingerprint density at radius 2 is 1.77 bits per heavy atom. The van der Waals surface area contributed by atoms with Crippen LogP contribution in [-0.2, 0) is 11.3 Å². The van der Waals surface area contributed by atoms with Crippen LogP contribution in [0.1, 0.15) is 36.7 Å². The number of ether oxygens (including phenoxy) is 1. The predicted octanol–water partition coefficient (Wildman–Crippen LogP) is 3.78. The molecule has 2 rings (SSSR count). The van der Waals surface area contributed by atoms with Crippen molar-refractivity contribution in [3.8, 4) is 5.75 Å². The van der Waals surface area contributed by atoms with E-state index >= 15 is 0 Å². The molecule has 30 heavy (non-hydrogen) atoms. The van der Waals surface area contributed by atoms with Gasteiger partial charge in [-0.15, -0.1) is 0 Å². The highest BCUT2D eigenvalue weighted by molar-refractivity contribution is 5.97. The first-order valence-electron chi connectivity index (χ1n) is 10.2. The van der Waals surface area contributed by atoms with Crippen molar-refractivity contribution < 1.29 is 18.7 Å². The number of halogens is 1. The maximum atomic E-state index is 13.9. The first-order chi connectivity index (χ1) is 14.4. The minimum atomic E-state index is -0.426. The largest absolute Gasteiger partial charge is 0.494 e. The van der Waals surface area contributed by atoms with Gasteiger partial charge < -0.3 is 15.0 Å². The van der Waals surface area contributed by atoms with Crippen LogP contribution in [0.3, 0.4) is 0 Å². The minimum absolute atomic E-state index is 0.0622. The SMILES string of the molecule is CCN(CC(=O)Nc1cccc(C(=O)N(CC)CC)c1)Cc1ccc(OC)c(F)c1. The summed E-state index contributed by atoms with van der Waals surface area (Å²) in [6.45, 7) is 8.27. The Morgan fingerprint density at radius 3 is 2.37 bits per heavy atom. The average molecular weight is 416 g/mol. The van der Waals surface area contributed by atoms with E-state index in [-0.39, 0.29) is 24.1 Å². The standard InChI is InChI=1S/C23H30FN3O3/c1-5-26(15-17-11-12-21(30-4)20(24)13-17)16-22(28)25-19-10-8-9-18(14-19)23(29)27(6-2)7-3/h8-14H,5-7,15-16H2,1-4H3,(H,25,28). The molecule has 0 spiro atoms. The van der Waals surface area contributed by atoms with Gasteiger partial charge in [0.25, 0.3) is 5.91 Å². The number of hydrogen-bond acceptors (Lipinski definition) is 4. The monoisotopic (exact) mass is 415 g/mol. The molecule has 0 saturated heterocycles. The van der Waals surface area contributed by atoms with E-state index in [1.807, 2.05) is 25.7 Å². The summed E-state index contributed by atoms with van der Waals surface area (Å²) < 4.78 is 18.9. The molecule has 162 valence electrons. The maximum Gasteiger partial charge on any atom is 0.253 e. The lowest BCUT2D eigenvalue weighted by atomic mass is 10.1. The van der Waals surface area contributed by atoms with Crippen molar-refractivity contribution >= 4 is 17.5 Å². The predicted molar refractivity (Wildman–Crippen MR) is 116 cm³/mol. The summed E-state index contributed by atoms with van der Waals surface area (Å²) in [5.74, 6) is -0.491. The third kappa shape index (κ3) is 6.29. The van der Waals surface area contributed by atoms with Crippen molar-refractivity contribution in [2.24, 2.45) is 0 Å². The Labute approximate surface area is 177 Å². The molecule has 7 heteroatoms. The second kappa shape index (κ2) is 11.3. The maximum absolute atomic E-state index is 13.9. The summed E-state index contributed by atoms with van der Waals surface area (Å²) in [5, 5.41) is 2.85. The van der Waals surface area contributed by atoms with Crippen LogP contribution in [-0.4, -0.2) is 54.9 Å². The second-order valence-corrected chi connectivity index (χ2v) is 6.88. The summed E-state index contributed by atoms with van der Waals surface area (Å²) in [6.07, 6.45) is 0. The molecule has 0 aliphatic rings. The average Bonchev–Trinajstić information content (AvgIpc) is 2.74. The third-order valence-corrected chi connectivity index (χ3v) is 4.88. The Hall–Kier alpha value is -2.93. The number of amides is 2. The molecule has 0 atom stereocenters. The van der Waals surface area contributed by atoms with Crippen LogP contribution in [0.2, 0.25) is 0 Å². The van der Waals surface area contributed by atoms with Crippen molar-refractivity contribution in [2.45, 2.75) is 27.3 Å². The number of carbonyl (C=O) groups is 2. The van der Waals surface area contributed by atoms with E-state index in [0.717, 1.165) is 5.56 Å². The van der Waals surface area contributed by atoms with Gasteiger partial charge in [-0.3, -0.25) is 14.5 Å². The zero-order valence-electron chi connectivity index (χ0n) is 18.1. The van der Waals surface area contributed by atoms with Gasteiger partial charge in [0.05, 0.1) is 13.7 Å². The number of rotatable bonds is 10. The first kappa shape index (κ1) is 23.3. The van der Waals surface area contributed by atoms with E-state index in [4.69, 9.17) is 4.74 Å². The smallest absolute Gasteiger partial charge is 0.253 e. The molecule has 0 unspecified atom stereocenters. The topological polar surface area (TPSA) is 61.9 Å². The molecular weight excluding hydrogens is 385 g/mol. The fraction of sp³-hybridized carbons (Fsp3) is 0.391. The molecule has 0 bridgehead atoms. The number of nitrogens with zero attached hydrogens (tertiary/aromatic N) is 2. The Bertz CT molecular complexity index is 869. The summed E-state index contributed by atoms with van der Waals surface area (Å²) in [4.78, 5) is 28.7. The van der Waals surface area contributed by atoms with Crippen LogP contribution in [0, 0.1) is 5.82 Å². The molecule has 0 radical (unpaired) electrons.